The van der Waals surface area contributed by atoms with Crippen LogP contribution in [0.5, 0.6) is 0 Å². The number of piperazine rings is 1. The molecule has 122 valence electrons. The van der Waals surface area contributed by atoms with Crippen LogP contribution in [-0.4, -0.2) is 37.0 Å². The third-order valence-electron chi connectivity index (χ3n) is 4.38. The van der Waals surface area contributed by atoms with E-state index in [4.69, 9.17) is 4.42 Å². The van der Waals surface area contributed by atoms with Gasteiger partial charge in [0.1, 0.15) is 5.58 Å². The van der Waals surface area contributed by atoms with Crippen LogP contribution in [0.1, 0.15) is 10.6 Å². The van der Waals surface area contributed by atoms with E-state index in [9.17, 15) is 4.79 Å². The normalized spacial score (nSPS) is 15.0. The summed E-state index contributed by atoms with van der Waals surface area (Å²) in [4.78, 5) is 16.9. The molecule has 1 aliphatic heterocycles. The average molecular weight is 385 g/mol. The Hall–Kier alpha value is -2.27. The van der Waals surface area contributed by atoms with Gasteiger partial charge in [-0.05, 0) is 36.4 Å². The maximum absolute atomic E-state index is 12.7. The van der Waals surface area contributed by atoms with E-state index in [0.29, 0.717) is 18.8 Å². The molecular formula is C19H17BrN2O2. The summed E-state index contributed by atoms with van der Waals surface area (Å²) in [5.41, 5.74) is 1.94. The number of carbonyl (C=O) groups excluding carboxylic acids is 1. The van der Waals surface area contributed by atoms with E-state index < -0.39 is 0 Å². The van der Waals surface area contributed by atoms with Gasteiger partial charge in [-0.1, -0.05) is 34.1 Å². The van der Waals surface area contributed by atoms with Crippen molar-refractivity contribution in [3.63, 3.8) is 0 Å². The Balaban J connectivity index is 1.47. The highest BCUT2D eigenvalue weighted by Gasteiger charge is 2.24. The van der Waals surface area contributed by atoms with E-state index in [1.807, 2.05) is 47.4 Å². The molecule has 1 fully saturated rings. The lowest BCUT2D eigenvalue weighted by molar-refractivity contribution is 0.0717. The van der Waals surface area contributed by atoms with Crippen LogP contribution >= 0.6 is 15.9 Å². The molecule has 1 amide bonds. The monoisotopic (exact) mass is 384 g/mol. The van der Waals surface area contributed by atoms with Crippen molar-refractivity contribution in [3.8, 4) is 0 Å². The second-order valence-corrected chi connectivity index (χ2v) is 6.82. The molecule has 5 heteroatoms. The van der Waals surface area contributed by atoms with Crippen LogP contribution in [0.3, 0.4) is 0 Å². The van der Waals surface area contributed by atoms with Crippen molar-refractivity contribution in [2.45, 2.75) is 0 Å². The van der Waals surface area contributed by atoms with Gasteiger partial charge >= 0.3 is 0 Å². The van der Waals surface area contributed by atoms with E-state index in [1.165, 1.54) is 5.69 Å². The highest BCUT2D eigenvalue weighted by Crippen LogP contribution is 2.25. The van der Waals surface area contributed by atoms with E-state index >= 15 is 0 Å². The molecule has 0 N–H and O–H groups in total. The predicted octanol–water partition coefficient (Wildman–Crippen LogP) is 4.16. The van der Waals surface area contributed by atoms with Crippen molar-refractivity contribution in [2.24, 2.45) is 0 Å². The minimum Gasteiger partial charge on any atom is -0.451 e. The molecule has 1 saturated heterocycles. The number of fused-ring (bicyclic) bond motifs is 1. The van der Waals surface area contributed by atoms with Gasteiger partial charge in [0.2, 0.25) is 0 Å². The van der Waals surface area contributed by atoms with E-state index in [0.717, 1.165) is 28.5 Å². The van der Waals surface area contributed by atoms with Crippen LogP contribution in [0.4, 0.5) is 5.69 Å². The first-order chi connectivity index (χ1) is 11.7. The van der Waals surface area contributed by atoms with Crippen molar-refractivity contribution in [1.29, 1.82) is 0 Å². The second-order valence-electron chi connectivity index (χ2n) is 5.91. The maximum atomic E-state index is 12.7. The molecule has 0 saturated carbocycles. The Morgan fingerprint density at radius 2 is 1.71 bits per heavy atom. The Bertz CT molecular complexity index is 867. The van der Waals surface area contributed by atoms with Crippen LogP contribution in [0.25, 0.3) is 11.0 Å². The van der Waals surface area contributed by atoms with Crippen LogP contribution in [-0.2, 0) is 0 Å². The van der Waals surface area contributed by atoms with E-state index in [2.05, 4.69) is 33.0 Å². The summed E-state index contributed by atoms with van der Waals surface area (Å²) in [5.74, 6) is 0.381. The van der Waals surface area contributed by atoms with Crippen LogP contribution in [0, 0.1) is 0 Å². The van der Waals surface area contributed by atoms with Gasteiger partial charge in [-0.15, -0.1) is 0 Å². The summed E-state index contributed by atoms with van der Waals surface area (Å²) >= 11 is 3.42. The third kappa shape index (κ3) is 2.91. The molecule has 0 radical (unpaired) electrons. The molecule has 2 heterocycles. The number of hydrogen-bond acceptors (Lipinski definition) is 3. The fourth-order valence-corrected chi connectivity index (χ4v) is 3.41. The number of anilines is 1. The molecule has 0 bridgehead atoms. The predicted molar refractivity (Wildman–Crippen MR) is 98.5 cm³/mol. The third-order valence-corrected chi connectivity index (χ3v) is 4.87. The van der Waals surface area contributed by atoms with E-state index in [1.54, 1.807) is 0 Å². The lowest BCUT2D eigenvalue weighted by atomic mass is 10.2. The maximum Gasteiger partial charge on any atom is 0.289 e. The van der Waals surface area contributed by atoms with Gasteiger partial charge in [0.05, 0.1) is 0 Å². The molecule has 0 unspecified atom stereocenters. The Morgan fingerprint density at radius 3 is 2.46 bits per heavy atom. The summed E-state index contributed by atoms with van der Waals surface area (Å²) in [7, 11) is 0. The second kappa shape index (κ2) is 6.32. The quantitative estimate of drug-likeness (QED) is 0.665. The number of rotatable bonds is 2. The number of amides is 1. The summed E-state index contributed by atoms with van der Waals surface area (Å²) in [6, 6.07) is 17.9. The molecular weight excluding hydrogens is 368 g/mol. The van der Waals surface area contributed by atoms with Gasteiger partial charge in [-0.3, -0.25) is 4.79 Å². The molecule has 4 nitrogen and oxygen atoms in total. The van der Waals surface area contributed by atoms with Gasteiger partial charge < -0.3 is 14.2 Å². The molecule has 0 atom stereocenters. The van der Waals surface area contributed by atoms with Crippen LogP contribution in [0.2, 0.25) is 0 Å². The average Bonchev–Trinajstić information content (AvgIpc) is 3.05. The topological polar surface area (TPSA) is 36.7 Å². The highest BCUT2D eigenvalue weighted by atomic mass is 79.9. The SMILES string of the molecule is O=C(c1cc2ccc(Br)cc2o1)N1CCN(c2ccccc2)CC1. The molecule has 3 aromatic rings. The van der Waals surface area contributed by atoms with Gasteiger partial charge in [0, 0.05) is 41.7 Å². The van der Waals surface area contributed by atoms with E-state index in [-0.39, 0.29) is 5.91 Å². The minimum atomic E-state index is -0.0324. The first-order valence-electron chi connectivity index (χ1n) is 7.99. The number of carbonyl (C=O) groups is 1. The first-order valence-corrected chi connectivity index (χ1v) is 8.78. The van der Waals surface area contributed by atoms with Crippen molar-refractivity contribution >= 4 is 38.5 Å². The summed E-state index contributed by atoms with van der Waals surface area (Å²) in [5, 5.41) is 0.949. The van der Waals surface area contributed by atoms with Crippen molar-refractivity contribution < 1.29 is 9.21 Å². The highest BCUT2D eigenvalue weighted by molar-refractivity contribution is 9.10. The molecule has 0 spiro atoms. The summed E-state index contributed by atoms with van der Waals surface area (Å²) in [6.07, 6.45) is 0. The minimum absolute atomic E-state index is 0.0324. The number of para-hydroxylation sites is 1. The Kier molecular flexibility index (Phi) is 4.02. The lowest BCUT2D eigenvalue weighted by Crippen LogP contribution is -2.48. The number of nitrogens with zero attached hydrogens (tertiary/aromatic N) is 2. The molecule has 1 aromatic heterocycles. The number of halogens is 1. The van der Waals surface area contributed by atoms with Gasteiger partial charge in [-0.2, -0.15) is 0 Å². The van der Waals surface area contributed by atoms with Crippen molar-refractivity contribution in [1.82, 2.24) is 4.90 Å². The van der Waals surface area contributed by atoms with Crippen molar-refractivity contribution in [2.75, 3.05) is 31.1 Å². The zero-order valence-electron chi connectivity index (χ0n) is 13.1. The molecule has 0 aliphatic carbocycles. The fourth-order valence-electron chi connectivity index (χ4n) is 3.07. The number of benzene rings is 2. The molecule has 1 aliphatic rings. The summed E-state index contributed by atoms with van der Waals surface area (Å²) < 4.78 is 6.68. The van der Waals surface area contributed by atoms with Crippen LogP contribution < -0.4 is 4.90 Å². The lowest BCUT2D eigenvalue weighted by Gasteiger charge is -2.35. The largest absolute Gasteiger partial charge is 0.451 e. The number of hydrogen-bond donors (Lipinski definition) is 0. The zero-order valence-corrected chi connectivity index (χ0v) is 14.7. The first kappa shape index (κ1) is 15.3. The van der Waals surface area contributed by atoms with Gasteiger partial charge in [0.15, 0.2) is 5.76 Å². The van der Waals surface area contributed by atoms with Crippen molar-refractivity contribution in [3.05, 3.63) is 64.8 Å². The number of furan rings is 1. The summed E-state index contributed by atoms with van der Waals surface area (Å²) in [6.45, 7) is 3.08. The van der Waals surface area contributed by atoms with Crippen LogP contribution in [0.15, 0.2) is 63.5 Å². The molecule has 2 aromatic carbocycles. The fraction of sp³-hybridized carbons (Fsp3) is 0.211. The molecule has 24 heavy (non-hydrogen) atoms. The zero-order chi connectivity index (χ0) is 16.5. The molecule has 4 rings (SSSR count). The van der Waals surface area contributed by atoms with Gasteiger partial charge in [0.25, 0.3) is 5.91 Å². The Morgan fingerprint density at radius 1 is 0.958 bits per heavy atom. The smallest absolute Gasteiger partial charge is 0.289 e. The standard InChI is InChI=1S/C19H17BrN2O2/c20-15-7-6-14-12-18(24-17(14)13-15)19(23)22-10-8-21(9-11-22)16-4-2-1-3-5-16/h1-7,12-13H,8-11H2. The Labute approximate surface area is 148 Å². The van der Waals surface area contributed by atoms with Gasteiger partial charge in [-0.25, -0.2) is 0 Å².